The normalized spacial score (nSPS) is 19.6. The van der Waals surface area contributed by atoms with Gasteiger partial charge in [0, 0.05) is 55.1 Å². The van der Waals surface area contributed by atoms with E-state index in [1.165, 1.54) is 29.5 Å². The summed E-state index contributed by atoms with van der Waals surface area (Å²) in [6.45, 7) is 2.99. The summed E-state index contributed by atoms with van der Waals surface area (Å²) in [6.07, 6.45) is 4.22. The number of carbonyl (C=O) groups excluding carboxylic acids is 1. The summed E-state index contributed by atoms with van der Waals surface area (Å²) in [6, 6.07) is 6.37. The molecule has 240 valence electrons. The van der Waals surface area contributed by atoms with Crippen LogP contribution in [-0.4, -0.2) is 99.0 Å². The Labute approximate surface area is 276 Å². The molecule has 0 aliphatic carbocycles. The average Bonchev–Trinajstić information content (AvgIpc) is 3.77. The lowest BCUT2D eigenvalue weighted by Crippen LogP contribution is -2.64. The van der Waals surface area contributed by atoms with Gasteiger partial charge in [0.1, 0.15) is 40.9 Å². The van der Waals surface area contributed by atoms with Crippen molar-refractivity contribution in [3.8, 4) is 17.2 Å². The number of likely N-dealkylation sites (N-methyl/N-ethyl adjacent to an activating group) is 1. The monoisotopic (exact) mass is 675 g/mol. The fraction of sp³-hybridized carbons (Fsp3) is 0.355. The molecule has 3 aliphatic heterocycles. The van der Waals surface area contributed by atoms with E-state index in [-0.39, 0.29) is 48.3 Å². The zero-order chi connectivity index (χ0) is 32.8. The number of fused-ring (bicyclic) bond motifs is 2. The molecule has 1 atom stereocenters. The van der Waals surface area contributed by atoms with Gasteiger partial charge in [-0.3, -0.25) is 0 Å². The smallest absolute Gasteiger partial charge is 0.346 e. The van der Waals surface area contributed by atoms with Gasteiger partial charge in [-0.25, -0.2) is 23.5 Å². The van der Waals surface area contributed by atoms with Gasteiger partial charge in [-0.15, -0.1) is 11.3 Å². The number of hydrogen-bond acceptors (Lipinski definition) is 11. The molecule has 3 aromatic heterocycles. The molecule has 12 nitrogen and oxygen atoms in total. The van der Waals surface area contributed by atoms with Gasteiger partial charge in [-0.1, -0.05) is 17.7 Å². The molecule has 0 bridgehead atoms. The summed E-state index contributed by atoms with van der Waals surface area (Å²) >= 11 is 7.81. The lowest BCUT2D eigenvalue weighted by molar-refractivity contribution is 0.0400. The van der Waals surface area contributed by atoms with Crippen molar-refractivity contribution >= 4 is 66.7 Å². The van der Waals surface area contributed by atoms with Crippen LogP contribution in [-0.2, 0) is 0 Å². The standard InChI is InChI=1S/C31H28ClF2N11OS/c1-41(2)16-11-43(12-16)29-39-25-18(28(40-29)42-7-5-31(13-42)6-8-44(31)30(46)45-15-37-14-38-45)9-20(32)23(24(25)34)17-3-4-21(33)26-22(17)19(10-35)27(36)47-26/h3-4,9,14-16H,5-8,11-13,36H2,1-2H3. The Bertz CT molecular complexity index is 2140. The van der Waals surface area contributed by atoms with Gasteiger partial charge in [0.15, 0.2) is 5.82 Å². The van der Waals surface area contributed by atoms with Crippen LogP contribution >= 0.6 is 22.9 Å². The summed E-state index contributed by atoms with van der Waals surface area (Å²) in [5.74, 6) is -0.368. The molecule has 1 spiro atoms. The van der Waals surface area contributed by atoms with E-state index in [1.54, 1.807) is 6.07 Å². The molecule has 1 amide bonds. The molecular formula is C31H28ClF2N11OS. The molecule has 3 aliphatic rings. The van der Waals surface area contributed by atoms with Crippen LogP contribution in [0.1, 0.15) is 18.4 Å². The average molecular weight is 676 g/mol. The SMILES string of the molecule is CN(C)C1CN(c2nc(N3CCC4(CCN4C(=O)n4cncn4)C3)c3cc(Cl)c(-c4ccc(F)c5sc(N)c(C#N)c45)c(F)c3n2)C1. The third-order valence-corrected chi connectivity index (χ3v) is 11.1. The van der Waals surface area contributed by atoms with E-state index in [9.17, 15) is 14.4 Å². The number of nitrogens with two attached hydrogens (primary N) is 1. The largest absolute Gasteiger partial charge is 0.389 e. The summed E-state index contributed by atoms with van der Waals surface area (Å²) in [4.78, 5) is 34.8. The second kappa shape index (κ2) is 10.7. The molecule has 3 fully saturated rings. The van der Waals surface area contributed by atoms with E-state index < -0.39 is 17.2 Å². The first-order valence-electron chi connectivity index (χ1n) is 15.0. The second-order valence-electron chi connectivity index (χ2n) is 12.5. The van der Waals surface area contributed by atoms with E-state index in [0.717, 1.165) is 17.8 Å². The number of amides is 1. The number of hydrogen-bond donors (Lipinski definition) is 1. The van der Waals surface area contributed by atoms with Gasteiger partial charge >= 0.3 is 6.03 Å². The fourth-order valence-corrected chi connectivity index (χ4v) is 8.23. The Morgan fingerprint density at radius 2 is 1.98 bits per heavy atom. The van der Waals surface area contributed by atoms with Crippen LogP contribution in [0.2, 0.25) is 5.02 Å². The third-order valence-electron chi connectivity index (χ3n) is 9.78. The van der Waals surface area contributed by atoms with Crippen molar-refractivity contribution in [3.05, 3.63) is 53.1 Å². The molecule has 47 heavy (non-hydrogen) atoms. The van der Waals surface area contributed by atoms with E-state index in [1.807, 2.05) is 30.0 Å². The van der Waals surface area contributed by atoms with E-state index in [0.29, 0.717) is 62.3 Å². The molecular weight excluding hydrogens is 648 g/mol. The Morgan fingerprint density at radius 1 is 1.19 bits per heavy atom. The van der Waals surface area contributed by atoms with Crippen LogP contribution in [0.15, 0.2) is 30.9 Å². The summed E-state index contributed by atoms with van der Waals surface area (Å²) in [5.41, 5.74) is 6.03. The summed E-state index contributed by atoms with van der Waals surface area (Å²) in [7, 11) is 4.01. The Balaban J connectivity index is 1.26. The first kappa shape index (κ1) is 29.7. The molecule has 6 heterocycles. The molecule has 0 radical (unpaired) electrons. The zero-order valence-corrected chi connectivity index (χ0v) is 27.0. The van der Waals surface area contributed by atoms with Crippen LogP contribution in [0, 0.1) is 23.0 Å². The van der Waals surface area contributed by atoms with Crippen LogP contribution < -0.4 is 15.5 Å². The van der Waals surface area contributed by atoms with E-state index in [4.69, 9.17) is 27.3 Å². The van der Waals surface area contributed by atoms with Crippen molar-refractivity contribution in [2.45, 2.75) is 24.4 Å². The summed E-state index contributed by atoms with van der Waals surface area (Å²) in [5, 5.41) is 14.7. The number of nitrogens with zero attached hydrogens (tertiary/aromatic N) is 10. The Hall–Kier alpha value is -4.65. The molecule has 2 aromatic carbocycles. The van der Waals surface area contributed by atoms with Gasteiger partial charge in [-0.2, -0.15) is 20.0 Å². The first-order valence-corrected chi connectivity index (χ1v) is 16.2. The van der Waals surface area contributed by atoms with E-state index in [2.05, 4.69) is 19.9 Å². The van der Waals surface area contributed by atoms with E-state index >= 15 is 4.39 Å². The Kier molecular flexibility index (Phi) is 6.76. The van der Waals surface area contributed by atoms with Crippen molar-refractivity contribution in [3.63, 3.8) is 0 Å². The molecule has 0 saturated carbocycles. The van der Waals surface area contributed by atoms with Gasteiger partial charge in [0.25, 0.3) is 0 Å². The number of aromatic nitrogens is 5. The number of thiophene rings is 1. The van der Waals surface area contributed by atoms with Crippen molar-refractivity contribution in [1.82, 2.24) is 34.5 Å². The number of rotatable bonds is 4. The summed E-state index contributed by atoms with van der Waals surface area (Å²) < 4.78 is 33.2. The fourth-order valence-electron chi connectivity index (χ4n) is 6.98. The number of carbonyl (C=O) groups is 1. The van der Waals surface area contributed by atoms with Crippen LogP contribution in [0.5, 0.6) is 0 Å². The molecule has 3 saturated heterocycles. The lowest BCUT2D eigenvalue weighted by Gasteiger charge is -2.50. The van der Waals surface area contributed by atoms with Gasteiger partial charge < -0.3 is 25.3 Å². The minimum Gasteiger partial charge on any atom is -0.389 e. The quantitative estimate of drug-likeness (QED) is 0.289. The van der Waals surface area contributed by atoms with Crippen molar-refractivity contribution in [1.29, 1.82) is 5.26 Å². The van der Waals surface area contributed by atoms with Gasteiger partial charge in [0.2, 0.25) is 5.95 Å². The van der Waals surface area contributed by atoms with Crippen LogP contribution in [0.3, 0.4) is 0 Å². The maximum atomic E-state index is 17.0. The maximum Gasteiger partial charge on any atom is 0.346 e. The minimum atomic E-state index is -0.704. The number of likely N-dealkylation sites (tertiary alicyclic amines) is 1. The highest BCUT2D eigenvalue weighted by atomic mass is 35.5. The van der Waals surface area contributed by atoms with Crippen LogP contribution in [0.4, 0.5) is 30.3 Å². The van der Waals surface area contributed by atoms with Crippen molar-refractivity contribution < 1.29 is 13.6 Å². The highest BCUT2D eigenvalue weighted by molar-refractivity contribution is 7.23. The minimum absolute atomic E-state index is 0.00494. The topological polar surface area (TPSA) is 136 Å². The third kappa shape index (κ3) is 4.42. The molecule has 1 unspecified atom stereocenters. The number of anilines is 3. The Morgan fingerprint density at radius 3 is 2.66 bits per heavy atom. The predicted octanol–water partition coefficient (Wildman–Crippen LogP) is 4.56. The lowest BCUT2D eigenvalue weighted by atomic mass is 9.84. The number of halogens is 3. The number of nitrogen functional groups attached to an aromatic ring is 1. The zero-order valence-electron chi connectivity index (χ0n) is 25.4. The second-order valence-corrected chi connectivity index (χ2v) is 13.9. The maximum absolute atomic E-state index is 17.0. The highest BCUT2D eigenvalue weighted by Gasteiger charge is 2.52. The van der Waals surface area contributed by atoms with Crippen LogP contribution in [0.25, 0.3) is 32.1 Å². The number of benzene rings is 2. The predicted molar refractivity (Wildman–Crippen MR) is 176 cm³/mol. The van der Waals surface area contributed by atoms with Gasteiger partial charge in [0.05, 0.1) is 20.8 Å². The van der Waals surface area contributed by atoms with Gasteiger partial charge in [-0.05, 0) is 44.6 Å². The molecule has 2 N–H and O–H groups in total. The molecule has 16 heteroatoms. The van der Waals surface area contributed by atoms with Crippen molar-refractivity contribution in [2.24, 2.45) is 0 Å². The number of nitriles is 1. The highest BCUT2D eigenvalue weighted by Crippen LogP contribution is 2.47. The molecule has 5 aromatic rings. The van der Waals surface area contributed by atoms with Crippen molar-refractivity contribution in [2.75, 3.05) is 62.4 Å². The molecule has 8 rings (SSSR count). The first-order chi connectivity index (χ1) is 22.6.